The third kappa shape index (κ3) is 5.04. The Morgan fingerprint density at radius 3 is 2.32 bits per heavy atom. The van der Waals surface area contributed by atoms with E-state index < -0.39 is 10.7 Å². The Morgan fingerprint density at radius 1 is 0.929 bits per heavy atom. The van der Waals surface area contributed by atoms with Crippen molar-refractivity contribution < 1.29 is 14.1 Å². The molecule has 0 saturated carbocycles. The monoisotopic (exact) mass is 380 g/mol. The van der Waals surface area contributed by atoms with Gasteiger partial charge >= 0.3 is 0 Å². The number of carbonyl (C=O) groups is 1. The van der Waals surface area contributed by atoms with Crippen LogP contribution in [0.2, 0.25) is 0 Å². The summed E-state index contributed by atoms with van der Waals surface area (Å²) in [6.45, 7) is -0.123. The van der Waals surface area contributed by atoms with E-state index in [1.165, 1.54) is 36.4 Å². The quantitative estimate of drug-likeness (QED) is 0.413. The van der Waals surface area contributed by atoms with Gasteiger partial charge in [-0.15, -0.1) is 0 Å². The number of benzene rings is 3. The van der Waals surface area contributed by atoms with Crippen LogP contribution in [0.25, 0.3) is 0 Å². The topological polar surface area (TPSA) is 96.3 Å². The predicted octanol–water partition coefficient (Wildman–Crippen LogP) is 4.53. The number of halogens is 1. The van der Waals surface area contributed by atoms with Gasteiger partial charge in [0.2, 0.25) is 5.91 Å². The molecular weight excluding hydrogens is 363 g/mol. The van der Waals surface area contributed by atoms with Gasteiger partial charge in [0.15, 0.2) is 0 Å². The van der Waals surface area contributed by atoms with Crippen LogP contribution in [-0.2, 0) is 4.79 Å². The number of hydrogen-bond acceptors (Lipinski definition) is 5. The number of nitro groups is 1. The lowest BCUT2D eigenvalue weighted by atomic mass is 10.2. The molecule has 0 atom stereocenters. The summed E-state index contributed by atoms with van der Waals surface area (Å²) in [6, 6.07) is 19.0. The number of rotatable bonds is 7. The molecule has 0 aliphatic heterocycles. The summed E-state index contributed by atoms with van der Waals surface area (Å²) in [5, 5.41) is 19.8. The zero-order chi connectivity index (χ0) is 19.9. The van der Waals surface area contributed by atoms with Crippen LogP contribution in [0, 0.1) is 15.9 Å². The molecule has 8 heteroatoms. The molecular formula is C20H17FN4O3. The molecule has 3 aromatic rings. The first-order valence-electron chi connectivity index (χ1n) is 8.41. The van der Waals surface area contributed by atoms with E-state index >= 15 is 0 Å². The molecule has 3 N–H and O–H groups in total. The average Bonchev–Trinajstić information content (AvgIpc) is 2.69. The van der Waals surface area contributed by atoms with Crippen LogP contribution in [0.15, 0.2) is 72.8 Å². The second kappa shape index (κ2) is 8.63. The van der Waals surface area contributed by atoms with Gasteiger partial charge in [-0.2, -0.15) is 0 Å². The van der Waals surface area contributed by atoms with Crippen LogP contribution in [0.4, 0.5) is 32.8 Å². The normalized spacial score (nSPS) is 10.2. The van der Waals surface area contributed by atoms with E-state index in [0.29, 0.717) is 17.1 Å². The minimum absolute atomic E-state index is 0.0972. The molecule has 0 heterocycles. The van der Waals surface area contributed by atoms with Crippen molar-refractivity contribution in [1.82, 2.24) is 0 Å². The molecule has 0 aliphatic rings. The number of anilines is 4. The van der Waals surface area contributed by atoms with Crippen molar-refractivity contribution in [3.8, 4) is 0 Å². The fourth-order valence-electron chi connectivity index (χ4n) is 2.49. The molecule has 1 amide bonds. The van der Waals surface area contributed by atoms with Crippen molar-refractivity contribution in [2.24, 2.45) is 0 Å². The van der Waals surface area contributed by atoms with E-state index in [4.69, 9.17) is 0 Å². The Balaban J connectivity index is 1.72. The standard InChI is InChI=1S/C20H17FN4O3/c21-14-6-8-16(9-7-14)24-20(26)13-22-19-12-17(25(27)28)10-11-18(19)23-15-4-2-1-3-5-15/h1-12,22-23H,13H2,(H,24,26). The molecule has 0 bridgehead atoms. The summed E-state index contributed by atoms with van der Waals surface area (Å²) in [5.41, 5.74) is 2.16. The summed E-state index contributed by atoms with van der Waals surface area (Å²) >= 11 is 0. The Kier molecular flexibility index (Phi) is 5.81. The molecule has 142 valence electrons. The zero-order valence-corrected chi connectivity index (χ0v) is 14.7. The number of amides is 1. The number of nitrogens with one attached hydrogen (secondary N) is 3. The van der Waals surface area contributed by atoms with Crippen LogP contribution in [0.3, 0.4) is 0 Å². The molecule has 0 radical (unpaired) electrons. The highest BCUT2D eigenvalue weighted by Gasteiger charge is 2.12. The molecule has 0 aliphatic carbocycles. The fraction of sp³-hybridized carbons (Fsp3) is 0.0500. The van der Waals surface area contributed by atoms with Gasteiger partial charge in [-0.05, 0) is 42.5 Å². The van der Waals surface area contributed by atoms with Gasteiger partial charge in [-0.3, -0.25) is 14.9 Å². The van der Waals surface area contributed by atoms with Crippen LogP contribution < -0.4 is 16.0 Å². The first kappa shape index (κ1) is 18.8. The number of nitrogens with zero attached hydrogens (tertiary/aromatic N) is 1. The van der Waals surface area contributed by atoms with Gasteiger partial charge in [0, 0.05) is 23.5 Å². The third-order valence-corrected chi connectivity index (χ3v) is 3.83. The van der Waals surface area contributed by atoms with Crippen molar-refractivity contribution in [1.29, 1.82) is 0 Å². The molecule has 0 aromatic heterocycles. The van der Waals surface area contributed by atoms with Crippen molar-refractivity contribution in [2.45, 2.75) is 0 Å². The molecule has 28 heavy (non-hydrogen) atoms. The minimum atomic E-state index is -0.504. The molecule has 3 aromatic carbocycles. The van der Waals surface area contributed by atoms with E-state index in [2.05, 4.69) is 16.0 Å². The van der Waals surface area contributed by atoms with Crippen LogP contribution in [0.1, 0.15) is 0 Å². The van der Waals surface area contributed by atoms with Crippen molar-refractivity contribution >= 4 is 34.3 Å². The summed E-state index contributed by atoms with van der Waals surface area (Å²) in [6.07, 6.45) is 0. The largest absolute Gasteiger partial charge is 0.374 e. The fourth-order valence-corrected chi connectivity index (χ4v) is 2.49. The van der Waals surface area contributed by atoms with Crippen molar-refractivity contribution in [3.05, 3.63) is 88.7 Å². The molecule has 0 saturated heterocycles. The number of para-hydroxylation sites is 1. The van der Waals surface area contributed by atoms with Gasteiger partial charge in [0.05, 0.1) is 22.8 Å². The van der Waals surface area contributed by atoms with E-state index in [-0.39, 0.29) is 18.1 Å². The molecule has 7 nitrogen and oxygen atoms in total. The number of hydrogen-bond donors (Lipinski definition) is 3. The maximum Gasteiger partial charge on any atom is 0.271 e. The van der Waals surface area contributed by atoms with E-state index in [1.807, 2.05) is 30.3 Å². The van der Waals surface area contributed by atoms with E-state index in [0.717, 1.165) is 5.69 Å². The summed E-state index contributed by atoms with van der Waals surface area (Å²) in [5.74, 6) is -0.770. The van der Waals surface area contributed by atoms with Crippen molar-refractivity contribution in [2.75, 3.05) is 22.5 Å². The molecule has 0 spiro atoms. The summed E-state index contributed by atoms with van der Waals surface area (Å²) in [4.78, 5) is 22.7. The Labute approximate surface area is 160 Å². The Morgan fingerprint density at radius 2 is 1.64 bits per heavy atom. The predicted molar refractivity (Wildman–Crippen MR) is 106 cm³/mol. The summed E-state index contributed by atoms with van der Waals surface area (Å²) in [7, 11) is 0. The third-order valence-electron chi connectivity index (χ3n) is 3.83. The SMILES string of the molecule is O=C(CNc1cc([N+](=O)[O-])ccc1Nc1ccccc1)Nc1ccc(F)cc1. The maximum absolute atomic E-state index is 12.9. The number of carbonyl (C=O) groups excluding carboxylic acids is 1. The second-order valence-corrected chi connectivity index (χ2v) is 5.89. The highest BCUT2D eigenvalue weighted by Crippen LogP contribution is 2.29. The lowest BCUT2D eigenvalue weighted by Crippen LogP contribution is -2.22. The van der Waals surface area contributed by atoms with E-state index in [9.17, 15) is 19.3 Å². The van der Waals surface area contributed by atoms with Crippen LogP contribution in [-0.4, -0.2) is 17.4 Å². The van der Waals surface area contributed by atoms with Gasteiger partial charge < -0.3 is 16.0 Å². The smallest absolute Gasteiger partial charge is 0.271 e. The molecule has 0 unspecified atom stereocenters. The van der Waals surface area contributed by atoms with Crippen LogP contribution >= 0.6 is 0 Å². The number of nitro benzene ring substituents is 1. The van der Waals surface area contributed by atoms with Crippen LogP contribution in [0.5, 0.6) is 0 Å². The van der Waals surface area contributed by atoms with Gasteiger partial charge in [-0.25, -0.2) is 4.39 Å². The number of non-ortho nitro benzene ring substituents is 1. The zero-order valence-electron chi connectivity index (χ0n) is 14.7. The second-order valence-electron chi connectivity index (χ2n) is 5.89. The summed E-state index contributed by atoms with van der Waals surface area (Å²) < 4.78 is 12.9. The highest BCUT2D eigenvalue weighted by molar-refractivity contribution is 5.94. The maximum atomic E-state index is 12.9. The first-order chi connectivity index (χ1) is 13.5. The van der Waals surface area contributed by atoms with Gasteiger partial charge in [-0.1, -0.05) is 18.2 Å². The first-order valence-corrected chi connectivity index (χ1v) is 8.41. The minimum Gasteiger partial charge on any atom is -0.374 e. The lowest BCUT2D eigenvalue weighted by Gasteiger charge is -2.14. The molecule has 0 fully saturated rings. The highest BCUT2D eigenvalue weighted by atomic mass is 19.1. The Hall–Kier alpha value is -3.94. The van der Waals surface area contributed by atoms with Crippen molar-refractivity contribution in [3.63, 3.8) is 0 Å². The van der Waals surface area contributed by atoms with Gasteiger partial charge in [0.1, 0.15) is 5.82 Å². The molecule has 3 rings (SSSR count). The van der Waals surface area contributed by atoms with E-state index in [1.54, 1.807) is 6.07 Å². The lowest BCUT2D eigenvalue weighted by molar-refractivity contribution is -0.384. The Bertz CT molecular complexity index is 979. The van der Waals surface area contributed by atoms with Gasteiger partial charge in [0.25, 0.3) is 5.69 Å². The average molecular weight is 380 g/mol.